The summed E-state index contributed by atoms with van der Waals surface area (Å²) in [6.45, 7) is 0. The molecule has 5 N–H and O–H groups in total. The van der Waals surface area contributed by atoms with E-state index in [4.69, 9.17) is 21.1 Å². The standard InChI is InChI=1S/C22H24N4O4/c23-22(24)16-8-6-15(7-9-16)19-12-18(30-26-19)13-20(27)25-17(11-21(28)29)10-14-4-2-1-3-5-14/h1-9,17-18H,10-13H2,(H3,23,24)(H,25,27)(H,28,29)/t17-,18?/m0/s1. The molecule has 3 rings (SSSR count). The molecule has 1 heterocycles. The predicted molar refractivity (Wildman–Crippen MR) is 112 cm³/mol. The smallest absolute Gasteiger partial charge is 0.305 e. The monoisotopic (exact) mass is 408 g/mol. The fraction of sp³-hybridized carbons (Fsp3) is 0.273. The van der Waals surface area contributed by atoms with Crippen LogP contribution < -0.4 is 11.1 Å². The Balaban J connectivity index is 1.53. The van der Waals surface area contributed by atoms with Gasteiger partial charge in [-0.05, 0) is 17.5 Å². The summed E-state index contributed by atoms with van der Waals surface area (Å²) in [4.78, 5) is 29.0. The van der Waals surface area contributed by atoms with Crippen LogP contribution in [0.2, 0.25) is 0 Å². The molecule has 1 amide bonds. The number of amides is 1. The number of carbonyl (C=O) groups excluding carboxylic acids is 1. The summed E-state index contributed by atoms with van der Waals surface area (Å²) in [7, 11) is 0. The number of benzene rings is 2. The van der Waals surface area contributed by atoms with E-state index in [1.54, 1.807) is 12.1 Å². The van der Waals surface area contributed by atoms with Gasteiger partial charge in [-0.15, -0.1) is 0 Å². The first-order valence-electron chi connectivity index (χ1n) is 9.63. The molecule has 2 aromatic carbocycles. The molecule has 0 radical (unpaired) electrons. The molecule has 0 saturated carbocycles. The largest absolute Gasteiger partial charge is 0.481 e. The van der Waals surface area contributed by atoms with Crippen molar-refractivity contribution in [3.63, 3.8) is 0 Å². The summed E-state index contributed by atoms with van der Waals surface area (Å²) in [5, 5.41) is 23.5. The Morgan fingerprint density at radius 2 is 1.90 bits per heavy atom. The zero-order valence-electron chi connectivity index (χ0n) is 16.4. The van der Waals surface area contributed by atoms with Crippen molar-refractivity contribution in [3.05, 3.63) is 71.3 Å². The summed E-state index contributed by atoms with van der Waals surface area (Å²) >= 11 is 0. The molecule has 8 nitrogen and oxygen atoms in total. The maximum atomic E-state index is 12.5. The van der Waals surface area contributed by atoms with E-state index in [1.807, 2.05) is 42.5 Å². The van der Waals surface area contributed by atoms with E-state index in [2.05, 4.69) is 10.5 Å². The van der Waals surface area contributed by atoms with Crippen LogP contribution in [0.15, 0.2) is 59.8 Å². The lowest BCUT2D eigenvalue weighted by molar-refractivity contribution is -0.137. The molecule has 0 aliphatic carbocycles. The number of carboxylic acids is 1. The van der Waals surface area contributed by atoms with Crippen molar-refractivity contribution in [2.75, 3.05) is 0 Å². The number of aliphatic carboxylic acids is 1. The van der Waals surface area contributed by atoms with E-state index in [0.29, 0.717) is 24.1 Å². The summed E-state index contributed by atoms with van der Waals surface area (Å²) in [5.41, 5.74) is 8.60. The molecular formula is C22H24N4O4. The number of nitrogens with two attached hydrogens (primary N) is 1. The number of carbonyl (C=O) groups is 2. The SMILES string of the molecule is N=C(N)c1ccc(C2=NOC(CC(=O)N[C@H](CC(=O)O)Cc3ccccc3)C2)cc1. The third-order valence-electron chi connectivity index (χ3n) is 4.79. The Hall–Kier alpha value is -3.68. The van der Waals surface area contributed by atoms with Crippen molar-refractivity contribution < 1.29 is 19.5 Å². The first kappa shape index (κ1) is 21.0. The van der Waals surface area contributed by atoms with E-state index < -0.39 is 18.1 Å². The zero-order chi connectivity index (χ0) is 21.5. The number of carboxylic acid groups (broad SMARTS) is 1. The zero-order valence-corrected chi connectivity index (χ0v) is 16.4. The van der Waals surface area contributed by atoms with E-state index in [0.717, 1.165) is 11.1 Å². The maximum absolute atomic E-state index is 12.5. The Kier molecular flexibility index (Phi) is 6.79. The van der Waals surface area contributed by atoms with Crippen molar-refractivity contribution in [1.29, 1.82) is 5.41 Å². The first-order valence-corrected chi connectivity index (χ1v) is 9.63. The van der Waals surface area contributed by atoms with Crippen LogP contribution >= 0.6 is 0 Å². The molecule has 0 saturated heterocycles. The minimum Gasteiger partial charge on any atom is -0.481 e. The van der Waals surface area contributed by atoms with Gasteiger partial charge in [0.1, 0.15) is 11.9 Å². The van der Waals surface area contributed by atoms with Crippen LogP contribution in [0.25, 0.3) is 0 Å². The number of oxime groups is 1. The van der Waals surface area contributed by atoms with E-state index in [-0.39, 0.29) is 24.6 Å². The Labute approximate surface area is 174 Å². The lowest BCUT2D eigenvalue weighted by Gasteiger charge is -2.18. The number of hydrogen-bond donors (Lipinski definition) is 4. The molecule has 30 heavy (non-hydrogen) atoms. The topological polar surface area (TPSA) is 138 Å². The van der Waals surface area contributed by atoms with Gasteiger partial charge in [-0.3, -0.25) is 15.0 Å². The molecule has 1 aliphatic heterocycles. The van der Waals surface area contributed by atoms with Gasteiger partial charge in [-0.25, -0.2) is 0 Å². The highest BCUT2D eigenvalue weighted by Gasteiger charge is 2.26. The number of nitrogens with zero attached hydrogens (tertiary/aromatic N) is 1. The van der Waals surface area contributed by atoms with Gasteiger partial charge >= 0.3 is 5.97 Å². The minimum absolute atomic E-state index is 0.00729. The number of hydrogen-bond acceptors (Lipinski definition) is 5. The van der Waals surface area contributed by atoms with Crippen molar-refractivity contribution in [2.45, 2.75) is 37.8 Å². The average molecular weight is 408 g/mol. The second kappa shape index (κ2) is 9.69. The lowest BCUT2D eigenvalue weighted by atomic mass is 10.0. The van der Waals surface area contributed by atoms with Crippen molar-refractivity contribution >= 4 is 23.4 Å². The molecule has 1 unspecified atom stereocenters. The second-order valence-electron chi connectivity index (χ2n) is 7.22. The number of amidine groups is 1. The van der Waals surface area contributed by atoms with E-state index in [1.165, 1.54) is 0 Å². The number of rotatable bonds is 9. The van der Waals surface area contributed by atoms with Gasteiger partial charge in [-0.2, -0.15) is 0 Å². The molecule has 156 valence electrons. The van der Waals surface area contributed by atoms with Gasteiger partial charge < -0.3 is 21.0 Å². The highest BCUT2D eigenvalue weighted by atomic mass is 16.6. The fourth-order valence-electron chi connectivity index (χ4n) is 3.33. The van der Waals surface area contributed by atoms with Crippen LogP contribution in [0.3, 0.4) is 0 Å². The molecular weight excluding hydrogens is 384 g/mol. The lowest BCUT2D eigenvalue weighted by Crippen LogP contribution is -2.39. The van der Waals surface area contributed by atoms with Crippen LogP contribution in [0, 0.1) is 5.41 Å². The molecule has 2 atom stereocenters. The highest BCUT2D eigenvalue weighted by molar-refractivity contribution is 6.02. The maximum Gasteiger partial charge on any atom is 0.305 e. The van der Waals surface area contributed by atoms with Crippen molar-refractivity contribution in [3.8, 4) is 0 Å². The predicted octanol–water partition coefficient (Wildman–Crippen LogP) is 2.06. The molecule has 2 aromatic rings. The average Bonchev–Trinajstić information content (AvgIpc) is 3.16. The van der Waals surface area contributed by atoms with Crippen LogP contribution in [0.5, 0.6) is 0 Å². The van der Waals surface area contributed by atoms with Crippen LogP contribution in [-0.2, 0) is 20.8 Å². The normalized spacial score (nSPS) is 16.3. The summed E-state index contributed by atoms with van der Waals surface area (Å²) < 4.78 is 0. The van der Waals surface area contributed by atoms with Gasteiger partial charge in [0, 0.05) is 18.0 Å². The van der Waals surface area contributed by atoms with Gasteiger partial charge in [0.25, 0.3) is 0 Å². The van der Waals surface area contributed by atoms with Crippen LogP contribution in [-0.4, -0.2) is 40.7 Å². The van der Waals surface area contributed by atoms with Gasteiger partial charge in [-0.1, -0.05) is 59.8 Å². The minimum atomic E-state index is -0.965. The molecule has 0 aromatic heterocycles. The molecule has 0 spiro atoms. The molecule has 1 aliphatic rings. The van der Waals surface area contributed by atoms with Crippen LogP contribution in [0.4, 0.5) is 0 Å². The first-order chi connectivity index (χ1) is 14.4. The highest BCUT2D eigenvalue weighted by Crippen LogP contribution is 2.19. The Morgan fingerprint density at radius 3 is 2.53 bits per heavy atom. The fourth-order valence-corrected chi connectivity index (χ4v) is 3.33. The summed E-state index contributed by atoms with van der Waals surface area (Å²) in [6, 6.07) is 16.0. The number of nitrogens with one attached hydrogen (secondary N) is 2. The molecule has 0 bridgehead atoms. The Morgan fingerprint density at radius 1 is 1.20 bits per heavy atom. The van der Waals surface area contributed by atoms with Crippen LogP contribution in [0.1, 0.15) is 36.0 Å². The third kappa shape index (κ3) is 5.91. The second-order valence-corrected chi connectivity index (χ2v) is 7.22. The summed E-state index contributed by atoms with van der Waals surface area (Å²) in [5.74, 6) is -1.24. The molecule has 8 heteroatoms. The van der Waals surface area contributed by atoms with E-state index in [9.17, 15) is 9.59 Å². The molecule has 0 fully saturated rings. The Bertz CT molecular complexity index is 941. The van der Waals surface area contributed by atoms with Crippen molar-refractivity contribution in [1.82, 2.24) is 5.32 Å². The number of nitrogen functional groups attached to an aromatic ring is 1. The van der Waals surface area contributed by atoms with E-state index >= 15 is 0 Å². The summed E-state index contributed by atoms with van der Waals surface area (Å²) in [6.07, 6.45) is 0.429. The third-order valence-corrected chi connectivity index (χ3v) is 4.79. The van der Waals surface area contributed by atoms with Gasteiger partial charge in [0.15, 0.2) is 0 Å². The van der Waals surface area contributed by atoms with Gasteiger partial charge in [0.2, 0.25) is 5.91 Å². The van der Waals surface area contributed by atoms with Gasteiger partial charge in [0.05, 0.1) is 18.6 Å². The quantitative estimate of drug-likeness (QED) is 0.372. The van der Waals surface area contributed by atoms with Crippen molar-refractivity contribution in [2.24, 2.45) is 10.9 Å².